The van der Waals surface area contributed by atoms with Gasteiger partial charge in [-0.2, -0.15) is 0 Å². The van der Waals surface area contributed by atoms with Crippen LogP contribution >= 0.6 is 11.3 Å². The Hall–Kier alpha value is -3.92. The maximum absolute atomic E-state index is 13.6. The minimum absolute atomic E-state index is 0.0789. The Balaban J connectivity index is 1.63. The summed E-state index contributed by atoms with van der Waals surface area (Å²) in [4.78, 5) is 46.6. The summed E-state index contributed by atoms with van der Waals surface area (Å²) in [6.07, 6.45) is 0. The molecular weight excluding hydrogens is 435 g/mol. The molecule has 2 aromatic carbocycles. The fraction of sp³-hybridized carbons (Fsp3) is 0.136. The number of benzene rings is 2. The lowest BCUT2D eigenvalue weighted by Gasteiger charge is -2.10. The van der Waals surface area contributed by atoms with E-state index in [1.165, 1.54) is 19.2 Å². The number of methoxy groups -OCH3 is 1. The number of carbonyl (C=O) groups excluding carboxylic acids is 2. The van der Waals surface area contributed by atoms with Gasteiger partial charge in [0, 0.05) is 0 Å². The molecule has 0 aliphatic rings. The molecule has 0 unspecified atom stereocenters. The summed E-state index contributed by atoms with van der Waals surface area (Å²) in [7, 11) is 1.25. The van der Waals surface area contributed by atoms with Crippen molar-refractivity contribution in [3.63, 3.8) is 0 Å². The van der Waals surface area contributed by atoms with Crippen molar-refractivity contribution in [1.82, 2.24) is 14.5 Å². The zero-order chi connectivity index (χ0) is 22.8. The van der Waals surface area contributed by atoms with E-state index >= 15 is 0 Å². The van der Waals surface area contributed by atoms with Crippen molar-refractivity contribution in [3.8, 4) is 10.4 Å². The number of hydrogen-bond acceptors (Lipinski definition) is 7. The van der Waals surface area contributed by atoms with Gasteiger partial charge < -0.3 is 10.1 Å². The van der Waals surface area contributed by atoms with Gasteiger partial charge in [-0.1, -0.05) is 41.7 Å². The largest absolute Gasteiger partial charge is 0.464 e. The van der Waals surface area contributed by atoms with E-state index in [1.54, 1.807) is 6.92 Å². The van der Waals surface area contributed by atoms with Crippen LogP contribution in [0.5, 0.6) is 0 Å². The molecule has 8 nitrogen and oxygen atoms in total. The third-order valence-electron chi connectivity index (χ3n) is 4.70. The molecule has 32 heavy (non-hydrogen) atoms. The van der Waals surface area contributed by atoms with E-state index in [0.29, 0.717) is 16.2 Å². The van der Waals surface area contributed by atoms with E-state index < -0.39 is 23.3 Å². The van der Waals surface area contributed by atoms with E-state index in [1.807, 2.05) is 30.3 Å². The number of ether oxygens (including phenoxy) is 1. The first-order valence-electron chi connectivity index (χ1n) is 9.48. The number of aryl methyl sites for hydroxylation is 1. The number of nitrogens with zero attached hydrogens (tertiary/aromatic N) is 3. The van der Waals surface area contributed by atoms with Crippen molar-refractivity contribution in [2.75, 3.05) is 12.4 Å². The van der Waals surface area contributed by atoms with Crippen molar-refractivity contribution in [2.45, 2.75) is 13.5 Å². The van der Waals surface area contributed by atoms with Crippen molar-refractivity contribution in [1.29, 1.82) is 0 Å². The highest BCUT2D eigenvalue weighted by molar-refractivity contribution is 7.19. The number of rotatable bonds is 5. The Morgan fingerprint density at radius 3 is 2.62 bits per heavy atom. The predicted octanol–water partition coefficient (Wildman–Crippen LogP) is 3.39. The molecule has 2 heterocycles. The first kappa shape index (κ1) is 21.3. The first-order chi connectivity index (χ1) is 15.4. The molecule has 0 aliphatic carbocycles. The van der Waals surface area contributed by atoms with Crippen LogP contribution in [0.15, 0.2) is 53.3 Å². The zero-order valence-electron chi connectivity index (χ0n) is 17.1. The SMILES string of the molecule is COC(=O)c1nc(NC(=O)Cn2c(C)nc3ccc(F)cc3c2=O)sc1-c1ccccc1. The lowest BCUT2D eigenvalue weighted by molar-refractivity contribution is -0.116. The Bertz CT molecular complexity index is 1400. The second-order valence-corrected chi connectivity index (χ2v) is 7.81. The Labute approximate surface area is 185 Å². The van der Waals surface area contributed by atoms with Gasteiger partial charge in [-0.05, 0) is 30.7 Å². The number of hydrogen-bond donors (Lipinski definition) is 1. The highest BCUT2D eigenvalue weighted by Crippen LogP contribution is 2.33. The first-order valence-corrected chi connectivity index (χ1v) is 10.3. The second-order valence-electron chi connectivity index (χ2n) is 6.81. The van der Waals surface area contributed by atoms with Crippen LogP contribution in [0.3, 0.4) is 0 Å². The monoisotopic (exact) mass is 452 g/mol. The lowest BCUT2D eigenvalue weighted by atomic mass is 10.1. The summed E-state index contributed by atoms with van der Waals surface area (Å²) in [5, 5.41) is 2.87. The topological polar surface area (TPSA) is 103 Å². The quantitative estimate of drug-likeness (QED) is 0.466. The molecule has 0 bridgehead atoms. The van der Waals surface area contributed by atoms with Crippen LogP contribution in [0.25, 0.3) is 21.3 Å². The highest BCUT2D eigenvalue weighted by Gasteiger charge is 2.21. The van der Waals surface area contributed by atoms with Crippen LogP contribution in [-0.2, 0) is 16.1 Å². The van der Waals surface area contributed by atoms with Gasteiger partial charge in [0.2, 0.25) is 5.91 Å². The average molecular weight is 452 g/mol. The summed E-state index contributed by atoms with van der Waals surface area (Å²) >= 11 is 1.11. The van der Waals surface area contributed by atoms with Gasteiger partial charge in [-0.15, -0.1) is 0 Å². The van der Waals surface area contributed by atoms with Gasteiger partial charge in [0.15, 0.2) is 10.8 Å². The number of nitrogens with one attached hydrogen (secondary N) is 1. The van der Waals surface area contributed by atoms with Crippen LogP contribution < -0.4 is 10.9 Å². The number of amides is 1. The third-order valence-corrected chi connectivity index (χ3v) is 5.72. The molecule has 0 saturated heterocycles. The van der Waals surface area contributed by atoms with E-state index in [2.05, 4.69) is 15.3 Å². The molecule has 0 atom stereocenters. The van der Waals surface area contributed by atoms with Gasteiger partial charge in [0.1, 0.15) is 18.2 Å². The number of fused-ring (bicyclic) bond motifs is 1. The highest BCUT2D eigenvalue weighted by atomic mass is 32.1. The van der Waals surface area contributed by atoms with Crippen molar-refractivity contribution >= 4 is 39.2 Å². The van der Waals surface area contributed by atoms with Crippen LogP contribution in [0.4, 0.5) is 9.52 Å². The lowest BCUT2D eigenvalue weighted by Crippen LogP contribution is -2.30. The summed E-state index contributed by atoms with van der Waals surface area (Å²) in [5.74, 6) is -1.43. The van der Waals surface area contributed by atoms with Gasteiger partial charge in [-0.3, -0.25) is 14.2 Å². The van der Waals surface area contributed by atoms with Crippen LogP contribution in [-0.4, -0.2) is 33.5 Å². The number of halogens is 1. The smallest absolute Gasteiger partial charge is 0.358 e. The van der Waals surface area contributed by atoms with E-state index in [-0.39, 0.29) is 22.8 Å². The molecule has 0 saturated carbocycles. The number of thiazole rings is 1. The van der Waals surface area contributed by atoms with Gasteiger partial charge >= 0.3 is 5.97 Å². The normalized spacial score (nSPS) is 10.8. The van der Waals surface area contributed by atoms with Crippen molar-refractivity contribution in [2.24, 2.45) is 0 Å². The summed E-state index contributed by atoms with van der Waals surface area (Å²) in [6.45, 7) is 1.24. The number of esters is 1. The Morgan fingerprint density at radius 2 is 1.91 bits per heavy atom. The summed E-state index contributed by atoms with van der Waals surface area (Å²) in [5.41, 5.74) is 0.649. The van der Waals surface area contributed by atoms with Gasteiger partial charge in [0.25, 0.3) is 5.56 Å². The number of anilines is 1. The zero-order valence-corrected chi connectivity index (χ0v) is 17.9. The van der Waals surface area contributed by atoms with Crippen molar-refractivity contribution in [3.05, 3.63) is 76.2 Å². The number of aromatic nitrogens is 3. The standard InChI is InChI=1S/C22H17FN4O4S/c1-12-24-16-9-8-14(23)10-15(16)20(29)27(12)11-17(28)25-22-26-18(21(30)31-2)19(32-22)13-6-4-3-5-7-13/h3-10H,11H2,1-2H3,(H,25,26,28). The molecule has 4 aromatic rings. The Morgan fingerprint density at radius 1 is 1.16 bits per heavy atom. The minimum Gasteiger partial charge on any atom is -0.464 e. The molecule has 0 radical (unpaired) electrons. The van der Waals surface area contributed by atoms with Crippen molar-refractivity contribution < 1.29 is 18.7 Å². The summed E-state index contributed by atoms with van der Waals surface area (Å²) in [6, 6.07) is 12.8. The average Bonchev–Trinajstić information content (AvgIpc) is 3.21. The van der Waals surface area contributed by atoms with E-state index in [9.17, 15) is 18.8 Å². The van der Waals surface area contributed by atoms with Gasteiger partial charge in [-0.25, -0.2) is 19.2 Å². The minimum atomic E-state index is -0.631. The molecule has 1 amide bonds. The van der Waals surface area contributed by atoms with Crippen LogP contribution in [0, 0.1) is 12.7 Å². The fourth-order valence-electron chi connectivity index (χ4n) is 3.19. The molecule has 0 aliphatic heterocycles. The van der Waals surface area contributed by atoms with Gasteiger partial charge in [0.05, 0.1) is 22.9 Å². The summed E-state index contributed by atoms with van der Waals surface area (Å²) < 4.78 is 19.5. The molecule has 162 valence electrons. The molecule has 2 aromatic heterocycles. The fourth-order valence-corrected chi connectivity index (χ4v) is 4.16. The predicted molar refractivity (Wildman–Crippen MR) is 118 cm³/mol. The molecule has 10 heteroatoms. The maximum atomic E-state index is 13.6. The molecular formula is C22H17FN4O4S. The molecule has 0 fully saturated rings. The van der Waals surface area contributed by atoms with E-state index in [4.69, 9.17) is 4.74 Å². The maximum Gasteiger partial charge on any atom is 0.358 e. The second kappa shape index (κ2) is 8.67. The van der Waals surface area contributed by atoms with E-state index in [0.717, 1.165) is 27.5 Å². The van der Waals surface area contributed by atoms with Crippen LogP contribution in [0.2, 0.25) is 0 Å². The molecule has 1 N–H and O–H groups in total. The van der Waals surface area contributed by atoms with Crippen LogP contribution in [0.1, 0.15) is 16.3 Å². The third kappa shape index (κ3) is 4.12. The molecule has 4 rings (SSSR count). The Kier molecular flexibility index (Phi) is 5.78. The number of carbonyl (C=O) groups is 2. The molecule has 0 spiro atoms.